The molecule has 4 aromatic rings. The first-order valence-electron chi connectivity index (χ1n) is 9.21. The standard InChI is InChI=1S/C23H21N5O.HI/c1-28-14-13-17-15-20(11-12-21(17)28)27-23(29)26-19-9-7-16(8-10-19)22(24)25-18-5-3-2-4-6-18;/h2-15H,1H3,(H2,24,25)(H2,26,27,29);1H. The first-order chi connectivity index (χ1) is 14.1. The first kappa shape index (κ1) is 21.4. The highest BCUT2D eigenvalue weighted by molar-refractivity contribution is 14.0. The molecule has 30 heavy (non-hydrogen) atoms. The van der Waals surface area contributed by atoms with Crippen molar-refractivity contribution in [2.24, 2.45) is 17.8 Å². The third-order valence-electron chi connectivity index (χ3n) is 4.59. The summed E-state index contributed by atoms with van der Waals surface area (Å²) in [6.07, 6.45) is 1.99. The number of carbonyl (C=O) groups is 1. The summed E-state index contributed by atoms with van der Waals surface area (Å²) < 4.78 is 2.04. The van der Waals surface area contributed by atoms with Gasteiger partial charge in [-0.1, -0.05) is 18.2 Å². The second-order valence-corrected chi connectivity index (χ2v) is 6.69. The summed E-state index contributed by atoms with van der Waals surface area (Å²) in [5, 5.41) is 6.75. The van der Waals surface area contributed by atoms with Crippen molar-refractivity contribution in [1.29, 1.82) is 0 Å². The molecule has 0 saturated carbocycles. The number of benzene rings is 3. The highest BCUT2D eigenvalue weighted by Crippen LogP contribution is 2.20. The highest BCUT2D eigenvalue weighted by atomic mass is 127. The molecule has 152 valence electrons. The van der Waals surface area contributed by atoms with Gasteiger partial charge in [-0.25, -0.2) is 9.79 Å². The molecule has 2 amide bonds. The summed E-state index contributed by atoms with van der Waals surface area (Å²) in [6, 6.07) is 24.3. The Bertz CT molecular complexity index is 1180. The lowest BCUT2D eigenvalue weighted by molar-refractivity contribution is 0.262. The number of aromatic nitrogens is 1. The van der Waals surface area contributed by atoms with Crippen molar-refractivity contribution in [1.82, 2.24) is 4.57 Å². The molecule has 0 bridgehead atoms. The van der Waals surface area contributed by atoms with Crippen molar-refractivity contribution in [2.75, 3.05) is 10.6 Å². The van der Waals surface area contributed by atoms with Gasteiger partial charge in [-0.15, -0.1) is 24.0 Å². The molecule has 0 spiro atoms. The third-order valence-corrected chi connectivity index (χ3v) is 4.59. The SMILES string of the molecule is Cn1ccc2cc(NC(=O)Nc3ccc(C(N)=Nc4ccccc4)cc3)ccc21.I. The van der Waals surface area contributed by atoms with E-state index in [1.54, 1.807) is 12.1 Å². The minimum Gasteiger partial charge on any atom is -0.383 e. The zero-order chi connectivity index (χ0) is 20.2. The number of amidine groups is 1. The van der Waals surface area contributed by atoms with E-state index < -0.39 is 0 Å². The van der Waals surface area contributed by atoms with Gasteiger partial charge in [0.25, 0.3) is 0 Å². The molecule has 3 aromatic carbocycles. The van der Waals surface area contributed by atoms with E-state index in [0.29, 0.717) is 11.5 Å². The topological polar surface area (TPSA) is 84.4 Å². The summed E-state index contributed by atoms with van der Waals surface area (Å²) in [7, 11) is 1.99. The van der Waals surface area contributed by atoms with E-state index >= 15 is 0 Å². The van der Waals surface area contributed by atoms with Crippen LogP contribution in [0.15, 0.2) is 90.1 Å². The quantitative estimate of drug-likeness (QED) is 0.193. The second-order valence-electron chi connectivity index (χ2n) is 6.69. The van der Waals surface area contributed by atoms with Gasteiger partial charge in [0, 0.05) is 41.1 Å². The van der Waals surface area contributed by atoms with Gasteiger partial charge >= 0.3 is 6.03 Å². The Kier molecular flexibility index (Phi) is 6.73. The molecule has 0 aliphatic heterocycles. The number of fused-ring (bicyclic) bond motifs is 1. The average Bonchev–Trinajstić information content (AvgIpc) is 3.09. The van der Waals surface area contributed by atoms with Crippen LogP contribution in [0.3, 0.4) is 0 Å². The Hall–Kier alpha value is -3.33. The maximum absolute atomic E-state index is 12.3. The first-order valence-corrected chi connectivity index (χ1v) is 9.21. The number of aliphatic imine (C=N–C) groups is 1. The van der Waals surface area contributed by atoms with E-state index in [9.17, 15) is 4.79 Å². The van der Waals surface area contributed by atoms with Crippen LogP contribution in [0.4, 0.5) is 21.9 Å². The van der Waals surface area contributed by atoms with Crippen molar-refractivity contribution >= 4 is 63.8 Å². The van der Waals surface area contributed by atoms with Crippen molar-refractivity contribution < 1.29 is 4.79 Å². The Labute approximate surface area is 191 Å². The fraction of sp³-hybridized carbons (Fsp3) is 0.0435. The zero-order valence-electron chi connectivity index (χ0n) is 16.4. The number of nitrogens with zero attached hydrogens (tertiary/aromatic N) is 2. The van der Waals surface area contributed by atoms with Crippen molar-refractivity contribution in [3.05, 3.63) is 90.6 Å². The molecule has 4 rings (SSSR count). The smallest absolute Gasteiger partial charge is 0.323 e. The van der Waals surface area contributed by atoms with Gasteiger partial charge in [0.2, 0.25) is 0 Å². The number of nitrogens with two attached hydrogens (primary N) is 1. The van der Waals surface area contributed by atoms with Crippen molar-refractivity contribution in [3.8, 4) is 0 Å². The van der Waals surface area contributed by atoms with Crippen molar-refractivity contribution in [2.45, 2.75) is 0 Å². The van der Waals surface area contributed by atoms with Gasteiger partial charge in [-0.05, 0) is 60.7 Å². The molecule has 0 aliphatic rings. The number of halogens is 1. The Morgan fingerprint density at radius 3 is 2.30 bits per heavy atom. The lowest BCUT2D eigenvalue weighted by Gasteiger charge is -2.09. The van der Waals surface area contributed by atoms with Crippen LogP contribution in [-0.4, -0.2) is 16.4 Å². The van der Waals surface area contributed by atoms with Gasteiger partial charge < -0.3 is 20.9 Å². The number of hydrogen-bond acceptors (Lipinski definition) is 2. The number of hydrogen-bond donors (Lipinski definition) is 3. The summed E-state index contributed by atoms with van der Waals surface area (Å²) in [4.78, 5) is 16.7. The average molecular weight is 511 g/mol. The van der Waals surface area contributed by atoms with Crippen LogP contribution in [-0.2, 0) is 7.05 Å². The maximum atomic E-state index is 12.3. The second kappa shape index (κ2) is 9.45. The number of rotatable bonds is 4. The van der Waals surface area contributed by atoms with Crippen LogP contribution in [0.2, 0.25) is 0 Å². The fourth-order valence-corrected chi connectivity index (χ4v) is 3.08. The highest BCUT2D eigenvalue weighted by Gasteiger charge is 2.06. The molecule has 0 aliphatic carbocycles. The minimum atomic E-state index is -0.307. The molecule has 0 unspecified atom stereocenters. The molecule has 7 heteroatoms. The van der Waals surface area contributed by atoms with Crippen LogP contribution in [0.5, 0.6) is 0 Å². The lowest BCUT2D eigenvalue weighted by Crippen LogP contribution is -2.19. The lowest BCUT2D eigenvalue weighted by atomic mass is 10.2. The number of amides is 2. The van der Waals surface area contributed by atoms with Gasteiger partial charge in [-0.2, -0.15) is 0 Å². The number of nitrogens with one attached hydrogen (secondary N) is 2. The molecule has 6 nitrogen and oxygen atoms in total. The molecule has 1 heterocycles. The van der Waals surface area contributed by atoms with Gasteiger partial charge in [0.15, 0.2) is 0 Å². The van der Waals surface area contributed by atoms with Crippen LogP contribution in [0.1, 0.15) is 5.56 Å². The zero-order valence-corrected chi connectivity index (χ0v) is 18.7. The molecular formula is C23H22IN5O. The van der Waals surface area contributed by atoms with E-state index in [0.717, 1.165) is 27.8 Å². The van der Waals surface area contributed by atoms with E-state index in [4.69, 9.17) is 5.73 Å². The monoisotopic (exact) mass is 511 g/mol. The third kappa shape index (κ3) is 4.98. The minimum absolute atomic E-state index is 0. The number of carbonyl (C=O) groups excluding carboxylic acids is 1. The Morgan fingerprint density at radius 1 is 0.900 bits per heavy atom. The number of para-hydroxylation sites is 1. The van der Waals surface area contributed by atoms with E-state index in [1.807, 2.05) is 84.5 Å². The molecule has 4 N–H and O–H groups in total. The largest absolute Gasteiger partial charge is 0.383 e. The molecule has 0 atom stereocenters. The molecule has 1 aromatic heterocycles. The van der Waals surface area contributed by atoms with Crippen LogP contribution in [0.25, 0.3) is 10.9 Å². The molecule has 0 fully saturated rings. The number of urea groups is 1. The van der Waals surface area contributed by atoms with Gasteiger partial charge in [0.05, 0.1) is 5.69 Å². The molecule has 0 saturated heterocycles. The Morgan fingerprint density at radius 2 is 1.57 bits per heavy atom. The van der Waals surface area contributed by atoms with Crippen LogP contribution >= 0.6 is 24.0 Å². The normalized spacial score (nSPS) is 11.0. The Balaban J connectivity index is 0.00000256. The maximum Gasteiger partial charge on any atom is 0.323 e. The number of aryl methyl sites for hydroxylation is 1. The van der Waals surface area contributed by atoms with E-state index in [-0.39, 0.29) is 30.0 Å². The summed E-state index contributed by atoms with van der Waals surface area (Å²) in [5.41, 5.74) is 10.2. The van der Waals surface area contributed by atoms with E-state index in [2.05, 4.69) is 15.6 Å². The fourth-order valence-electron chi connectivity index (χ4n) is 3.08. The summed E-state index contributed by atoms with van der Waals surface area (Å²) in [5.74, 6) is 0.420. The number of anilines is 2. The summed E-state index contributed by atoms with van der Waals surface area (Å²) >= 11 is 0. The van der Waals surface area contributed by atoms with Crippen LogP contribution in [0, 0.1) is 0 Å². The predicted octanol–water partition coefficient (Wildman–Crippen LogP) is 5.48. The summed E-state index contributed by atoms with van der Waals surface area (Å²) in [6.45, 7) is 0. The predicted molar refractivity (Wildman–Crippen MR) is 134 cm³/mol. The molecular weight excluding hydrogens is 489 g/mol. The van der Waals surface area contributed by atoms with Crippen molar-refractivity contribution in [3.63, 3.8) is 0 Å². The van der Waals surface area contributed by atoms with E-state index in [1.165, 1.54) is 0 Å². The van der Waals surface area contributed by atoms with Gasteiger partial charge in [-0.3, -0.25) is 0 Å². The molecule has 0 radical (unpaired) electrons. The van der Waals surface area contributed by atoms with Gasteiger partial charge in [0.1, 0.15) is 5.84 Å². The van der Waals surface area contributed by atoms with Crippen LogP contribution < -0.4 is 16.4 Å².